The lowest BCUT2D eigenvalue weighted by atomic mass is 10.0. The summed E-state index contributed by atoms with van der Waals surface area (Å²) in [5.41, 5.74) is 2.19. The first-order valence-corrected chi connectivity index (χ1v) is 6.11. The number of para-hydroxylation sites is 1. The lowest BCUT2D eigenvalue weighted by molar-refractivity contribution is -0.119. The van der Waals surface area contributed by atoms with Crippen LogP contribution in [0.2, 0.25) is 0 Å². The summed E-state index contributed by atoms with van der Waals surface area (Å²) in [4.78, 5) is 11.5. The predicted molar refractivity (Wildman–Crippen MR) is 72.3 cm³/mol. The van der Waals surface area contributed by atoms with Crippen molar-refractivity contribution in [2.45, 2.75) is 26.2 Å². The number of nitriles is 1. The van der Waals surface area contributed by atoms with Crippen LogP contribution in [0.25, 0.3) is 0 Å². The van der Waals surface area contributed by atoms with Gasteiger partial charge < -0.3 is 10.6 Å². The first-order chi connectivity index (χ1) is 8.65. The molecule has 1 aromatic carbocycles. The van der Waals surface area contributed by atoms with Crippen molar-refractivity contribution in [3.05, 3.63) is 29.8 Å². The minimum atomic E-state index is -0.0937. The summed E-state index contributed by atoms with van der Waals surface area (Å²) in [5.74, 6) is 0.319. The van der Waals surface area contributed by atoms with E-state index in [1.165, 1.54) is 5.56 Å². The SMILES string of the molecule is CC(C)c1ccccc1NCC(=O)NCCC#N. The second-order valence-electron chi connectivity index (χ2n) is 4.35. The van der Waals surface area contributed by atoms with Gasteiger partial charge in [0.05, 0.1) is 19.0 Å². The molecule has 0 saturated heterocycles. The Kier molecular flexibility index (Phi) is 5.72. The van der Waals surface area contributed by atoms with Crippen LogP contribution in [0.3, 0.4) is 0 Å². The van der Waals surface area contributed by atoms with Crippen molar-refractivity contribution in [1.29, 1.82) is 5.26 Å². The van der Waals surface area contributed by atoms with Gasteiger partial charge in [-0.15, -0.1) is 0 Å². The number of anilines is 1. The fourth-order valence-electron chi connectivity index (χ4n) is 1.66. The summed E-state index contributed by atoms with van der Waals surface area (Å²) >= 11 is 0. The molecule has 0 aliphatic heterocycles. The number of hydrogen-bond acceptors (Lipinski definition) is 3. The van der Waals surface area contributed by atoms with E-state index in [0.717, 1.165) is 5.69 Å². The van der Waals surface area contributed by atoms with E-state index in [-0.39, 0.29) is 12.5 Å². The normalized spacial score (nSPS) is 9.89. The van der Waals surface area contributed by atoms with Crippen molar-refractivity contribution in [1.82, 2.24) is 5.32 Å². The summed E-state index contributed by atoms with van der Waals surface area (Å²) in [5, 5.41) is 14.2. The van der Waals surface area contributed by atoms with Crippen LogP contribution >= 0.6 is 0 Å². The van der Waals surface area contributed by atoms with Crippen LogP contribution in [0, 0.1) is 11.3 Å². The van der Waals surface area contributed by atoms with E-state index in [1.807, 2.05) is 24.3 Å². The summed E-state index contributed by atoms with van der Waals surface area (Å²) in [7, 11) is 0. The lowest BCUT2D eigenvalue weighted by Gasteiger charge is -2.14. The molecule has 0 radical (unpaired) electrons. The molecule has 4 heteroatoms. The zero-order valence-electron chi connectivity index (χ0n) is 10.9. The Morgan fingerprint density at radius 2 is 2.11 bits per heavy atom. The van der Waals surface area contributed by atoms with Gasteiger partial charge in [-0.3, -0.25) is 4.79 Å². The lowest BCUT2D eigenvalue weighted by Crippen LogP contribution is -2.30. The highest BCUT2D eigenvalue weighted by molar-refractivity contribution is 5.81. The van der Waals surface area contributed by atoms with Crippen molar-refractivity contribution in [3.8, 4) is 6.07 Å². The molecule has 0 fully saturated rings. The third-order valence-electron chi connectivity index (χ3n) is 2.58. The maximum Gasteiger partial charge on any atom is 0.239 e. The summed E-state index contributed by atoms with van der Waals surface area (Å²) in [6, 6.07) is 9.95. The molecule has 0 aliphatic carbocycles. The molecule has 0 aromatic heterocycles. The van der Waals surface area contributed by atoms with Gasteiger partial charge in [0.15, 0.2) is 0 Å². The van der Waals surface area contributed by atoms with E-state index in [9.17, 15) is 4.79 Å². The van der Waals surface area contributed by atoms with Gasteiger partial charge in [0.25, 0.3) is 0 Å². The highest BCUT2D eigenvalue weighted by Gasteiger charge is 2.06. The maximum absolute atomic E-state index is 11.5. The minimum absolute atomic E-state index is 0.0937. The van der Waals surface area contributed by atoms with Gasteiger partial charge in [-0.05, 0) is 17.5 Å². The van der Waals surface area contributed by atoms with Gasteiger partial charge >= 0.3 is 0 Å². The van der Waals surface area contributed by atoms with Crippen LogP contribution in [-0.4, -0.2) is 19.0 Å². The Balaban J connectivity index is 2.48. The number of benzene rings is 1. The molecule has 1 aromatic rings. The molecule has 0 aliphatic rings. The fourth-order valence-corrected chi connectivity index (χ4v) is 1.66. The quantitative estimate of drug-likeness (QED) is 0.755. The van der Waals surface area contributed by atoms with Crippen molar-refractivity contribution >= 4 is 11.6 Å². The van der Waals surface area contributed by atoms with Gasteiger partial charge in [-0.2, -0.15) is 5.26 Å². The van der Waals surface area contributed by atoms with E-state index in [0.29, 0.717) is 18.9 Å². The summed E-state index contributed by atoms with van der Waals surface area (Å²) in [6.07, 6.45) is 0.342. The second-order valence-corrected chi connectivity index (χ2v) is 4.35. The third-order valence-corrected chi connectivity index (χ3v) is 2.58. The Morgan fingerprint density at radius 3 is 2.78 bits per heavy atom. The van der Waals surface area contributed by atoms with Crippen LogP contribution in [0.1, 0.15) is 31.7 Å². The number of nitrogens with one attached hydrogen (secondary N) is 2. The minimum Gasteiger partial charge on any atom is -0.376 e. The Hall–Kier alpha value is -2.02. The van der Waals surface area contributed by atoms with Gasteiger partial charge in [-0.25, -0.2) is 0 Å². The third kappa shape index (κ3) is 4.46. The molecule has 0 heterocycles. The van der Waals surface area contributed by atoms with Crippen molar-refractivity contribution in [2.24, 2.45) is 0 Å². The summed E-state index contributed by atoms with van der Waals surface area (Å²) < 4.78 is 0. The number of carbonyl (C=O) groups is 1. The first-order valence-electron chi connectivity index (χ1n) is 6.11. The standard InChI is InChI=1S/C14H19N3O/c1-11(2)12-6-3-4-7-13(12)17-10-14(18)16-9-5-8-15/h3-4,6-7,11,17H,5,9-10H2,1-2H3,(H,16,18). The van der Waals surface area contributed by atoms with Gasteiger partial charge in [0.1, 0.15) is 0 Å². The molecule has 1 rings (SSSR count). The fraction of sp³-hybridized carbons (Fsp3) is 0.429. The molecule has 0 atom stereocenters. The Labute approximate surface area is 108 Å². The Bertz CT molecular complexity index is 435. The van der Waals surface area contributed by atoms with E-state index < -0.39 is 0 Å². The van der Waals surface area contributed by atoms with Crippen molar-refractivity contribution in [3.63, 3.8) is 0 Å². The largest absolute Gasteiger partial charge is 0.376 e. The van der Waals surface area contributed by atoms with E-state index in [1.54, 1.807) is 0 Å². The highest BCUT2D eigenvalue weighted by Crippen LogP contribution is 2.23. The van der Waals surface area contributed by atoms with Gasteiger partial charge in [-0.1, -0.05) is 32.0 Å². The van der Waals surface area contributed by atoms with Crippen molar-refractivity contribution < 1.29 is 4.79 Å². The molecule has 18 heavy (non-hydrogen) atoms. The first kappa shape index (κ1) is 14.0. The molecule has 0 unspecified atom stereocenters. The molecule has 4 nitrogen and oxygen atoms in total. The molecule has 2 N–H and O–H groups in total. The smallest absolute Gasteiger partial charge is 0.239 e. The van der Waals surface area contributed by atoms with Gasteiger partial charge in [0.2, 0.25) is 5.91 Å². The molecule has 0 bridgehead atoms. The summed E-state index contributed by atoms with van der Waals surface area (Å²) in [6.45, 7) is 4.87. The number of nitrogens with zero attached hydrogens (tertiary/aromatic N) is 1. The molecule has 0 spiro atoms. The topological polar surface area (TPSA) is 64.9 Å². The van der Waals surface area contributed by atoms with Crippen LogP contribution in [-0.2, 0) is 4.79 Å². The molecular weight excluding hydrogens is 226 g/mol. The van der Waals surface area contributed by atoms with Crippen LogP contribution < -0.4 is 10.6 Å². The van der Waals surface area contributed by atoms with E-state index in [4.69, 9.17) is 5.26 Å². The van der Waals surface area contributed by atoms with Crippen molar-refractivity contribution in [2.75, 3.05) is 18.4 Å². The maximum atomic E-state index is 11.5. The monoisotopic (exact) mass is 245 g/mol. The molecule has 0 saturated carbocycles. The number of hydrogen-bond donors (Lipinski definition) is 2. The van der Waals surface area contributed by atoms with E-state index >= 15 is 0 Å². The highest BCUT2D eigenvalue weighted by atomic mass is 16.1. The number of rotatable bonds is 6. The average Bonchev–Trinajstić information content (AvgIpc) is 2.37. The predicted octanol–water partition coefficient (Wildman–Crippen LogP) is 2.25. The second kappa shape index (κ2) is 7.33. The molecule has 96 valence electrons. The zero-order valence-corrected chi connectivity index (χ0v) is 10.9. The molecule has 1 amide bonds. The zero-order chi connectivity index (χ0) is 13.4. The average molecular weight is 245 g/mol. The Morgan fingerprint density at radius 1 is 1.39 bits per heavy atom. The van der Waals surface area contributed by atoms with Crippen LogP contribution in [0.5, 0.6) is 0 Å². The molecular formula is C14H19N3O. The van der Waals surface area contributed by atoms with Gasteiger partial charge in [0, 0.05) is 12.2 Å². The van der Waals surface area contributed by atoms with Crippen LogP contribution in [0.4, 0.5) is 5.69 Å². The van der Waals surface area contributed by atoms with E-state index in [2.05, 4.69) is 30.5 Å². The van der Waals surface area contributed by atoms with Crippen LogP contribution in [0.15, 0.2) is 24.3 Å². The number of amides is 1. The number of carbonyl (C=O) groups excluding carboxylic acids is 1.